The van der Waals surface area contributed by atoms with Gasteiger partial charge in [-0.25, -0.2) is 8.42 Å². The van der Waals surface area contributed by atoms with Crippen LogP contribution >= 0.6 is 0 Å². The van der Waals surface area contributed by atoms with E-state index in [1.165, 1.54) is 17.1 Å². The standard InChI is InChI=1S/C20H31N3O4S/c1-16-7-8-18(15-19(16)28(25,26)23-11-13-27-14-12-23)21-20(24)17(2)22-9-5-3-4-6-10-22/h7-8,15,17H,3-6,9-14H2,1-2H3,(H,21,24)/t17-/m0/s1. The Labute approximate surface area is 168 Å². The maximum absolute atomic E-state index is 13.0. The molecule has 0 spiro atoms. The van der Waals surface area contributed by atoms with Crippen LogP contribution in [0.15, 0.2) is 23.1 Å². The van der Waals surface area contributed by atoms with Gasteiger partial charge in [0.25, 0.3) is 0 Å². The summed E-state index contributed by atoms with van der Waals surface area (Å²) in [5.41, 5.74) is 1.19. The first kappa shape index (κ1) is 21.2. The topological polar surface area (TPSA) is 79.0 Å². The second-order valence-corrected chi connectivity index (χ2v) is 9.52. The smallest absolute Gasteiger partial charge is 0.243 e. The summed E-state index contributed by atoms with van der Waals surface area (Å²) in [6.07, 6.45) is 4.66. The van der Waals surface area contributed by atoms with E-state index in [-0.39, 0.29) is 16.8 Å². The Morgan fingerprint density at radius 2 is 1.71 bits per heavy atom. The minimum atomic E-state index is -3.60. The first-order valence-corrected chi connectivity index (χ1v) is 11.6. The average molecular weight is 410 g/mol. The molecule has 1 atom stereocenters. The Hall–Kier alpha value is -1.48. The van der Waals surface area contributed by atoms with Gasteiger partial charge in [-0.15, -0.1) is 0 Å². The van der Waals surface area contributed by atoms with Crippen LogP contribution in [0.3, 0.4) is 0 Å². The van der Waals surface area contributed by atoms with E-state index in [0.29, 0.717) is 37.6 Å². The number of nitrogens with one attached hydrogen (secondary N) is 1. The Bertz CT molecular complexity index is 783. The normalized spacial score (nSPS) is 21.1. The van der Waals surface area contributed by atoms with Crippen LogP contribution in [-0.4, -0.2) is 69.0 Å². The molecular weight excluding hydrogens is 378 g/mol. The summed E-state index contributed by atoms with van der Waals surface area (Å²) in [4.78, 5) is 15.2. The Kier molecular flexibility index (Phi) is 7.09. The number of sulfonamides is 1. The zero-order valence-corrected chi connectivity index (χ0v) is 17.6. The van der Waals surface area contributed by atoms with Crippen molar-refractivity contribution in [2.75, 3.05) is 44.7 Å². The number of hydrogen-bond acceptors (Lipinski definition) is 5. The van der Waals surface area contributed by atoms with Crippen LogP contribution in [-0.2, 0) is 19.6 Å². The summed E-state index contributed by atoms with van der Waals surface area (Å²) in [6, 6.07) is 4.85. The molecule has 1 aromatic rings. The van der Waals surface area contributed by atoms with Crippen molar-refractivity contribution in [3.05, 3.63) is 23.8 Å². The van der Waals surface area contributed by atoms with Gasteiger partial charge < -0.3 is 10.1 Å². The van der Waals surface area contributed by atoms with Crippen molar-refractivity contribution in [3.63, 3.8) is 0 Å². The lowest BCUT2D eigenvalue weighted by Crippen LogP contribution is -2.42. The highest BCUT2D eigenvalue weighted by Crippen LogP contribution is 2.25. The molecule has 2 fully saturated rings. The fraction of sp³-hybridized carbons (Fsp3) is 0.650. The molecule has 2 aliphatic rings. The lowest BCUT2D eigenvalue weighted by atomic mass is 10.2. The number of hydrogen-bond donors (Lipinski definition) is 1. The van der Waals surface area contributed by atoms with E-state index >= 15 is 0 Å². The molecule has 0 unspecified atom stereocenters. The summed E-state index contributed by atoms with van der Waals surface area (Å²) in [5.74, 6) is -0.0968. The maximum Gasteiger partial charge on any atom is 0.243 e. The summed E-state index contributed by atoms with van der Waals surface area (Å²) in [6.45, 7) is 7.07. The van der Waals surface area contributed by atoms with Crippen molar-refractivity contribution in [3.8, 4) is 0 Å². The molecule has 2 saturated heterocycles. The van der Waals surface area contributed by atoms with Gasteiger partial charge in [0.15, 0.2) is 0 Å². The molecule has 0 radical (unpaired) electrons. The SMILES string of the molecule is Cc1ccc(NC(=O)[C@H](C)N2CCCCCC2)cc1S(=O)(=O)N1CCOCC1. The van der Waals surface area contributed by atoms with Crippen LogP contribution in [0.25, 0.3) is 0 Å². The Morgan fingerprint density at radius 3 is 2.36 bits per heavy atom. The number of carbonyl (C=O) groups is 1. The second kappa shape index (κ2) is 9.35. The fourth-order valence-electron chi connectivity index (χ4n) is 3.78. The molecule has 156 valence electrons. The molecule has 1 N–H and O–H groups in total. The van der Waals surface area contributed by atoms with Crippen LogP contribution in [0.4, 0.5) is 5.69 Å². The predicted octanol–water partition coefficient (Wildman–Crippen LogP) is 2.22. The Balaban J connectivity index is 1.74. The van der Waals surface area contributed by atoms with E-state index in [1.54, 1.807) is 25.1 Å². The highest BCUT2D eigenvalue weighted by Gasteiger charge is 2.28. The van der Waals surface area contributed by atoms with Crippen LogP contribution in [0.1, 0.15) is 38.2 Å². The second-order valence-electron chi connectivity index (χ2n) is 7.61. The molecule has 0 aliphatic carbocycles. The first-order chi connectivity index (χ1) is 13.4. The first-order valence-electron chi connectivity index (χ1n) is 10.1. The zero-order chi connectivity index (χ0) is 20.1. The van der Waals surface area contributed by atoms with E-state index in [2.05, 4.69) is 10.2 Å². The fourth-order valence-corrected chi connectivity index (χ4v) is 5.44. The molecule has 0 saturated carbocycles. The summed E-state index contributed by atoms with van der Waals surface area (Å²) < 4.78 is 32.7. The number of amides is 1. The van der Waals surface area contributed by atoms with Gasteiger partial charge in [-0.1, -0.05) is 18.9 Å². The van der Waals surface area contributed by atoms with Gasteiger partial charge in [-0.2, -0.15) is 4.31 Å². The molecule has 0 aromatic heterocycles. The monoisotopic (exact) mass is 409 g/mol. The molecular formula is C20H31N3O4S. The molecule has 1 aromatic carbocycles. The number of benzene rings is 1. The molecule has 7 nitrogen and oxygen atoms in total. The third-order valence-electron chi connectivity index (χ3n) is 5.61. The van der Waals surface area contributed by atoms with Gasteiger partial charge in [0.05, 0.1) is 24.2 Å². The van der Waals surface area contributed by atoms with Crippen molar-refractivity contribution < 1.29 is 17.9 Å². The molecule has 0 bridgehead atoms. The summed E-state index contributed by atoms with van der Waals surface area (Å²) in [5, 5.41) is 2.91. The average Bonchev–Trinajstić information content (AvgIpc) is 2.99. The summed E-state index contributed by atoms with van der Waals surface area (Å²) >= 11 is 0. The molecule has 2 heterocycles. The highest BCUT2D eigenvalue weighted by molar-refractivity contribution is 7.89. The van der Waals surface area contributed by atoms with Crippen LogP contribution < -0.4 is 5.32 Å². The number of likely N-dealkylation sites (tertiary alicyclic amines) is 1. The number of rotatable bonds is 5. The van der Waals surface area contributed by atoms with Crippen molar-refractivity contribution >= 4 is 21.6 Å². The van der Waals surface area contributed by atoms with Crippen molar-refractivity contribution in [1.29, 1.82) is 0 Å². The van der Waals surface area contributed by atoms with Gasteiger partial charge in [0.1, 0.15) is 0 Å². The van der Waals surface area contributed by atoms with Crippen molar-refractivity contribution in [1.82, 2.24) is 9.21 Å². The molecule has 2 aliphatic heterocycles. The largest absolute Gasteiger partial charge is 0.379 e. The van der Waals surface area contributed by atoms with Crippen molar-refractivity contribution in [2.24, 2.45) is 0 Å². The minimum Gasteiger partial charge on any atom is -0.379 e. The minimum absolute atomic E-state index is 0.0968. The van der Waals surface area contributed by atoms with Crippen LogP contribution in [0.5, 0.6) is 0 Å². The number of ether oxygens (including phenoxy) is 1. The van der Waals surface area contributed by atoms with Crippen LogP contribution in [0.2, 0.25) is 0 Å². The van der Waals surface area contributed by atoms with Gasteiger partial charge in [-0.3, -0.25) is 9.69 Å². The number of nitrogens with zero attached hydrogens (tertiary/aromatic N) is 2. The summed E-state index contributed by atoms with van der Waals surface area (Å²) in [7, 11) is -3.60. The van der Waals surface area contributed by atoms with Crippen LogP contribution in [0, 0.1) is 6.92 Å². The van der Waals surface area contributed by atoms with E-state index in [9.17, 15) is 13.2 Å². The lowest BCUT2D eigenvalue weighted by molar-refractivity contribution is -0.120. The number of carbonyl (C=O) groups excluding carboxylic acids is 1. The van der Waals surface area contributed by atoms with E-state index in [4.69, 9.17) is 4.74 Å². The van der Waals surface area contributed by atoms with E-state index < -0.39 is 10.0 Å². The third-order valence-corrected chi connectivity index (χ3v) is 7.65. The van der Waals surface area contributed by atoms with E-state index in [1.807, 2.05) is 6.92 Å². The molecule has 1 amide bonds. The third kappa shape index (κ3) is 4.92. The quantitative estimate of drug-likeness (QED) is 0.807. The van der Waals surface area contributed by atoms with Gasteiger partial charge >= 0.3 is 0 Å². The highest BCUT2D eigenvalue weighted by atomic mass is 32.2. The van der Waals surface area contributed by atoms with Gasteiger partial charge in [-0.05, 0) is 57.5 Å². The number of anilines is 1. The van der Waals surface area contributed by atoms with E-state index in [0.717, 1.165) is 25.9 Å². The predicted molar refractivity (Wildman–Crippen MR) is 109 cm³/mol. The van der Waals surface area contributed by atoms with Gasteiger partial charge in [0.2, 0.25) is 15.9 Å². The molecule has 28 heavy (non-hydrogen) atoms. The Morgan fingerprint density at radius 1 is 1.07 bits per heavy atom. The van der Waals surface area contributed by atoms with Crippen molar-refractivity contribution in [2.45, 2.75) is 50.5 Å². The lowest BCUT2D eigenvalue weighted by Gasteiger charge is -2.27. The number of aryl methyl sites for hydroxylation is 1. The molecule has 3 rings (SSSR count). The van der Waals surface area contributed by atoms with Gasteiger partial charge in [0, 0.05) is 18.8 Å². The number of morpholine rings is 1. The zero-order valence-electron chi connectivity index (χ0n) is 16.8. The maximum atomic E-state index is 13.0. The molecule has 8 heteroatoms.